The van der Waals surface area contributed by atoms with E-state index in [4.69, 9.17) is 0 Å². The summed E-state index contributed by atoms with van der Waals surface area (Å²) in [7, 11) is 0. The van der Waals surface area contributed by atoms with Gasteiger partial charge in [-0.05, 0) is 37.2 Å². The number of nitrogens with one attached hydrogen (secondary N) is 2. The van der Waals surface area contributed by atoms with Crippen LogP contribution in [0.25, 0.3) is 0 Å². The van der Waals surface area contributed by atoms with Crippen LogP contribution in [0.5, 0.6) is 0 Å². The van der Waals surface area contributed by atoms with Crippen molar-refractivity contribution in [2.45, 2.75) is 45.2 Å². The minimum Gasteiger partial charge on any atom is -0.338 e. The average molecular weight is 327 g/mol. The van der Waals surface area contributed by atoms with Crippen LogP contribution < -0.4 is 10.6 Å². The number of rotatable bonds is 7. The van der Waals surface area contributed by atoms with Crippen molar-refractivity contribution in [2.75, 3.05) is 6.54 Å². The van der Waals surface area contributed by atoms with Gasteiger partial charge in [-0.25, -0.2) is 9.78 Å². The molecule has 1 aromatic heterocycles. The molecule has 24 heavy (non-hydrogen) atoms. The average Bonchev–Trinajstić information content (AvgIpc) is 3.03. The molecule has 128 valence electrons. The molecule has 0 radical (unpaired) electrons. The van der Waals surface area contributed by atoms with Crippen molar-refractivity contribution in [2.24, 2.45) is 5.41 Å². The molecular formula is C18H25N5O. The van der Waals surface area contributed by atoms with Gasteiger partial charge in [-0.3, -0.25) is 4.68 Å². The Morgan fingerprint density at radius 3 is 2.75 bits per heavy atom. The molecule has 1 atom stereocenters. The van der Waals surface area contributed by atoms with Crippen LogP contribution in [0.4, 0.5) is 4.79 Å². The molecule has 0 spiro atoms. The molecule has 3 rings (SSSR count). The normalized spacial score (nSPS) is 16.9. The molecule has 1 aliphatic rings. The Kier molecular flexibility index (Phi) is 5.13. The summed E-state index contributed by atoms with van der Waals surface area (Å²) in [6, 6.07) is 10.4. The minimum absolute atomic E-state index is 0.00170. The first-order chi connectivity index (χ1) is 11.7. The summed E-state index contributed by atoms with van der Waals surface area (Å²) in [5.74, 6) is 0. The molecule has 2 N–H and O–H groups in total. The number of nitrogens with zero attached hydrogens (tertiary/aromatic N) is 3. The summed E-state index contributed by atoms with van der Waals surface area (Å²) >= 11 is 0. The van der Waals surface area contributed by atoms with E-state index >= 15 is 0 Å². The standard InChI is InChI=1S/C18H25N5O/c1-15(11-23-14-19-13-21-23)22-17(24)20-12-18(8-5-9-18)10-16-6-3-2-4-7-16/h2-4,6-7,13-15H,5,8-12H2,1H3,(H2,20,22,24)/t15-/m0/s1. The number of aromatic nitrogens is 3. The van der Waals surface area contributed by atoms with E-state index in [1.165, 1.54) is 31.2 Å². The van der Waals surface area contributed by atoms with Crippen molar-refractivity contribution >= 4 is 6.03 Å². The van der Waals surface area contributed by atoms with Gasteiger partial charge >= 0.3 is 6.03 Å². The lowest BCUT2D eigenvalue weighted by Crippen LogP contribution is -2.49. The Morgan fingerprint density at radius 1 is 1.33 bits per heavy atom. The Labute approximate surface area is 142 Å². The molecule has 0 unspecified atom stereocenters. The summed E-state index contributed by atoms with van der Waals surface area (Å²) in [6.07, 6.45) is 7.78. The number of carbonyl (C=O) groups is 1. The Balaban J connectivity index is 1.45. The van der Waals surface area contributed by atoms with Gasteiger partial charge in [0, 0.05) is 12.6 Å². The van der Waals surface area contributed by atoms with E-state index in [0.717, 1.165) is 13.0 Å². The van der Waals surface area contributed by atoms with Gasteiger partial charge in [0.15, 0.2) is 0 Å². The topological polar surface area (TPSA) is 71.8 Å². The van der Waals surface area contributed by atoms with Gasteiger partial charge in [-0.2, -0.15) is 5.10 Å². The van der Waals surface area contributed by atoms with Crippen molar-refractivity contribution in [3.63, 3.8) is 0 Å². The third-order valence-electron chi connectivity index (χ3n) is 4.77. The maximum Gasteiger partial charge on any atom is 0.315 e. The maximum atomic E-state index is 12.2. The predicted molar refractivity (Wildman–Crippen MR) is 92.4 cm³/mol. The van der Waals surface area contributed by atoms with Crippen molar-refractivity contribution < 1.29 is 4.79 Å². The molecular weight excluding hydrogens is 302 g/mol. The highest BCUT2D eigenvalue weighted by Crippen LogP contribution is 2.43. The van der Waals surface area contributed by atoms with Crippen molar-refractivity contribution in [1.82, 2.24) is 25.4 Å². The molecule has 2 aromatic rings. The second kappa shape index (κ2) is 7.47. The number of benzene rings is 1. The number of amides is 2. The number of hydrogen-bond acceptors (Lipinski definition) is 3. The fraction of sp³-hybridized carbons (Fsp3) is 0.500. The van der Waals surface area contributed by atoms with Gasteiger partial charge in [0.1, 0.15) is 12.7 Å². The predicted octanol–water partition coefficient (Wildman–Crippen LogP) is 2.38. The van der Waals surface area contributed by atoms with Crippen LogP contribution >= 0.6 is 0 Å². The van der Waals surface area contributed by atoms with Crippen molar-refractivity contribution in [3.05, 3.63) is 48.5 Å². The van der Waals surface area contributed by atoms with Crippen molar-refractivity contribution in [3.8, 4) is 0 Å². The zero-order chi connectivity index (χ0) is 16.8. The van der Waals surface area contributed by atoms with Gasteiger partial charge in [0.2, 0.25) is 0 Å². The van der Waals surface area contributed by atoms with Crippen LogP contribution in [0, 0.1) is 5.41 Å². The molecule has 0 aliphatic heterocycles. The van der Waals surface area contributed by atoms with Crippen LogP contribution in [0.15, 0.2) is 43.0 Å². The third-order valence-corrected chi connectivity index (χ3v) is 4.77. The van der Waals surface area contributed by atoms with Gasteiger partial charge in [-0.15, -0.1) is 0 Å². The van der Waals surface area contributed by atoms with E-state index in [-0.39, 0.29) is 17.5 Å². The highest BCUT2D eigenvalue weighted by atomic mass is 16.2. The van der Waals surface area contributed by atoms with E-state index in [9.17, 15) is 4.79 Å². The SMILES string of the molecule is C[C@@H](Cn1cncn1)NC(=O)NCC1(Cc2ccccc2)CCC1. The first-order valence-electron chi connectivity index (χ1n) is 8.56. The fourth-order valence-electron chi connectivity index (χ4n) is 3.32. The van der Waals surface area contributed by atoms with Crippen LogP contribution in [0.2, 0.25) is 0 Å². The number of urea groups is 1. The molecule has 6 heteroatoms. The Morgan fingerprint density at radius 2 is 2.12 bits per heavy atom. The summed E-state index contributed by atoms with van der Waals surface area (Å²) in [5.41, 5.74) is 1.56. The van der Waals surface area contributed by atoms with Gasteiger partial charge in [0.25, 0.3) is 0 Å². The van der Waals surface area contributed by atoms with Crippen molar-refractivity contribution in [1.29, 1.82) is 0 Å². The highest BCUT2D eigenvalue weighted by molar-refractivity contribution is 5.74. The van der Waals surface area contributed by atoms with Crippen LogP contribution in [0.1, 0.15) is 31.7 Å². The van der Waals surface area contributed by atoms with Gasteiger partial charge < -0.3 is 10.6 Å². The lowest BCUT2D eigenvalue weighted by atomic mass is 9.65. The van der Waals surface area contributed by atoms with E-state index in [2.05, 4.69) is 45.0 Å². The lowest BCUT2D eigenvalue weighted by molar-refractivity contribution is 0.131. The Hall–Kier alpha value is -2.37. The third kappa shape index (κ3) is 4.34. The quantitative estimate of drug-likeness (QED) is 0.820. The minimum atomic E-state index is -0.109. The molecule has 1 heterocycles. The van der Waals surface area contributed by atoms with E-state index < -0.39 is 0 Å². The smallest absolute Gasteiger partial charge is 0.315 e. The highest BCUT2D eigenvalue weighted by Gasteiger charge is 2.37. The Bertz CT molecular complexity index is 637. The fourth-order valence-corrected chi connectivity index (χ4v) is 3.32. The van der Waals surface area contributed by atoms with Crippen LogP contribution in [0.3, 0.4) is 0 Å². The zero-order valence-electron chi connectivity index (χ0n) is 14.1. The summed E-state index contributed by atoms with van der Waals surface area (Å²) < 4.78 is 1.72. The largest absolute Gasteiger partial charge is 0.338 e. The van der Waals surface area contributed by atoms with Gasteiger partial charge in [-0.1, -0.05) is 36.8 Å². The molecule has 1 aliphatic carbocycles. The number of carbonyl (C=O) groups excluding carboxylic acids is 1. The summed E-state index contributed by atoms with van der Waals surface area (Å²) in [5, 5.41) is 10.1. The van der Waals surface area contributed by atoms with Crippen LogP contribution in [-0.2, 0) is 13.0 Å². The molecule has 0 bridgehead atoms. The molecule has 6 nitrogen and oxygen atoms in total. The molecule has 0 saturated heterocycles. The molecule has 1 saturated carbocycles. The number of hydrogen-bond donors (Lipinski definition) is 2. The first-order valence-corrected chi connectivity index (χ1v) is 8.56. The van der Waals surface area contributed by atoms with Gasteiger partial charge in [0.05, 0.1) is 6.54 Å². The van der Waals surface area contributed by atoms with E-state index in [1.54, 1.807) is 11.0 Å². The first kappa shape index (κ1) is 16.5. The second-order valence-electron chi connectivity index (χ2n) is 6.86. The molecule has 1 fully saturated rings. The van der Waals surface area contributed by atoms with E-state index in [0.29, 0.717) is 6.54 Å². The summed E-state index contributed by atoms with van der Waals surface area (Å²) in [4.78, 5) is 16.1. The molecule has 2 amide bonds. The monoisotopic (exact) mass is 327 g/mol. The lowest BCUT2D eigenvalue weighted by Gasteiger charge is -2.42. The molecule has 1 aromatic carbocycles. The zero-order valence-corrected chi connectivity index (χ0v) is 14.1. The second-order valence-corrected chi connectivity index (χ2v) is 6.86. The maximum absolute atomic E-state index is 12.2. The van der Waals surface area contributed by atoms with E-state index in [1.807, 2.05) is 13.0 Å². The summed E-state index contributed by atoms with van der Waals surface area (Å²) in [6.45, 7) is 3.30. The van der Waals surface area contributed by atoms with Crippen LogP contribution in [-0.4, -0.2) is 33.4 Å².